The fourth-order valence-electron chi connectivity index (χ4n) is 2.40. The van der Waals surface area contributed by atoms with Crippen LogP contribution in [0.5, 0.6) is 0 Å². The molecular weight excluding hydrogens is 272 g/mol. The molecule has 0 bridgehead atoms. The summed E-state index contributed by atoms with van der Waals surface area (Å²) in [5, 5.41) is 0. The Balaban J connectivity index is 1.58. The van der Waals surface area contributed by atoms with Crippen molar-refractivity contribution in [3.63, 3.8) is 0 Å². The molecule has 0 aromatic carbocycles. The zero-order chi connectivity index (χ0) is 15.2. The lowest BCUT2D eigenvalue weighted by Gasteiger charge is -2.36. The van der Waals surface area contributed by atoms with Gasteiger partial charge in [-0.05, 0) is 30.2 Å². The molecule has 1 saturated heterocycles. The van der Waals surface area contributed by atoms with Crippen molar-refractivity contribution in [1.29, 1.82) is 0 Å². The van der Waals surface area contributed by atoms with Crippen LogP contribution in [0, 0.1) is 11.8 Å². The molecule has 2 aromatic rings. The number of rotatable bonds is 2. The van der Waals surface area contributed by atoms with Crippen LogP contribution in [0.1, 0.15) is 5.56 Å². The van der Waals surface area contributed by atoms with Gasteiger partial charge >= 0.3 is 0 Å². The van der Waals surface area contributed by atoms with Gasteiger partial charge in [0.2, 0.25) is 0 Å². The minimum Gasteiger partial charge on any atom is -0.362 e. The number of allylic oxidation sites excluding steroid dienone is 1. The second-order valence-electron chi connectivity index (χ2n) is 5.09. The number of pyridine rings is 2. The highest BCUT2D eigenvalue weighted by atomic mass is 15.3. The second kappa shape index (κ2) is 6.77. The maximum atomic E-state index is 4.40. The molecule has 3 heterocycles. The summed E-state index contributed by atoms with van der Waals surface area (Å²) < 4.78 is 0. The molecule has 0 aliphatic carbocycles. The van der Waals surface area contributed by atoms with Gasteiger partial charge in [-0.2, -0.15) is 0 Å². The monoisotopic (exact) mass is 290 g/mol. The SMILES string of the molecule is C=C(C#Cc1ccncc1)N1CCN(c2ccccn2)CC1. The molecule has 0 radical (unpaired) electrons. The summed E-state index contributed by atoms with van der Waals surface area (Å²) in [6, 6.07) is 9.82. The maximum absolute atomic E-state index is 4.40. The van der Waals surface area contributed by atoms with Gasteiger partial charge in [0.15, 0.2) is 0 Å². The van der Waals surface area contributed by atoms with Crippen LogP contribution in [0.4, 0.5) is 5.82 Å². The summed E-state index contributed by atoms with van der Waals surface area (Å²) in [4.78, 5) is 12.9. The highest BCUT2D eigenvalue weighted by Gasteiger charge is 2.17. The molecule has 0 amide bonds. The van der Waals surface area contributed by atoms with Gasteiger partial charge in [-0.1, -0.05) is 18.6 Å². The van der Waals surface area contributed by atoms with Crippen molar-refractivity contribution in [2.45, 2.75) is 0 Å². The van der Waals surface area contributed by atoms with Crippen LogP contribution < -0.4 is 4.90 Å². The molecule has 0 spiro atoms. The zero-order valence-corrected chi connectivity index (χ0v) is 12.4. The van der Waals surface area contributed by atoms with E-state index < -0.39 is 0 Å². The summed E-state index contributed by atoms with van der Waals surface area (Å²) in [6.45, 7) is 7.80. The van der Waals surface area contributed by atoms with E-state index in [0.717, 1.165) is 43.3 Å². The van der Waals surface area contributed by atoms with Gasteiger partial charge in [0, 0.05) is 50.3 Å². The Morgan fingerprint density at radius 1 is 1.00 bits per heavy atom. The predicted octanol–water partition coefficient (Wildman–Crippen LogP) is 2.16. The predicted molar refractivity (Wildman–Crippen MR) is 88.3 cm³/mol. The molecule has 110 valence electrons. The van der Waals surface area contributed by atoms with E-state index in [9.17, 15) is 0 Å². The lowest BCUT2D eigenvalue weighted by atomic mass is 10.2. The Hall–Kier alpha value is -2.80. The lowest BCUT2D eigenvalue weighted by Crippen LogP contribution is -2.45. The zero-order valence-electron chi connectivity index (χ0n) is 12.4. The summed E-state index contributed by atoms with van der Waals surface area (Å²) >= 11 is 0. The molecule has 0 atom stereocenters. The third-order valence-electron chi connectivity index (χ3n) is 3.67. The fourth-order valence-corrected chi connectivity index (χ4v) is 2.40. The van der Waals surface area contributed by atoms with Crippen LogP contribution in [0.3, 0.4) is 0 Å². The van der Waals surface area contributed by atoms with E-state index in [1.165, 1.54) is 0 Å². The normalized spacial score (nSPS) is 14.2. The summed E-state index contributed by atoms with van der Waals surface area (Å²) in [6.07, 6.45) is 5.33. The lowest BCUT2D eigenvalue weighted by molar-refractivity contribution is 0.333. The van der Waals surface area contributed by atoms with Crippen molar-refractivity contribution in [3.05, 3.63) is 66.8 Å². The van der Waals surface area contributed by atoms with Gasteiger partial charge in [0.05, 0.1) is 5.70 Å². The number of hydrogen-bond acceptors (Lipinski definition) is 4. The van der Waals surface area contributed by atoms with Crippen LogP contribution in [-0.2, 0) is 0 Å². The van der Waals surface area contributed by atoms with Crippen molar-refractivity contribution in [1.82, 2.24) is 14.9 Å². The van der Waals surface area contributed by atoms with Crippen LogP contribution in [0.15, 0.2) is 61.2 Å². The van der Waals surface area contributed by atoms with Crippen molar-refractivity contribution in [3.8, 4) is 11.8 Å². The average Bonchev–Trinajstić information content (AvgIpc) is 2.61. The van der Waals surface area contributed by atoms with Gasteiger partial charge in [0.25, 0.3) is 0 Å². The van der Waals surface area contributed by atoms with Crippen LogP contribution in [0.2, 0.25) is 0 Å². The van der Waals surface area contributed by atoms with E-state index in [4.69, 9.17) is 0 Å². The van der Waals surface area contributed by atoms with Gasteiger partial charge < -0.3 is 9.80 Å². The third-order valence-corrected chi connectivity index (χ3v) is 3.67. The molecule has 1 fully saturated rings. The molecule has 0 unspecified atom stereocenters. The van der Waals surface area contributed by atoms with Crippen LogP contribution in [0.25, 0.3) is 0 Å². The van der Waals surface area contributed by atoms with Crippen molar-refractivity contribution >= 4 is 5.82 Å². The Morgan fingerprint density at radius 3 is 2.45 bits per heavy atom. The average molecular weight is 290 g/mol. The molecule has 1 aliphatic rings. The Kier molecular flexibility index (Phi) is 4.35. The summed E-state index contributed by atoms with van der Waals surface area (Å²) in [5.74, 6) is 7.31. The topological polar surface area (TPSA) is 32.3 Å². The molecule has 0 N–H and O–H groups in total. The summed E-state index contributed by atoms with van der Waals surface area (Å²) in [5.41, 5.74) is 1.83. The molecule has 2 aromatic heterocycles. The molecule has 1 aliphatic heterocycles. The van der Waals surface area contributed by atoms with Gasteiger partial charge in [0.1, 0.15) is 5.82 Å². The Morgan fingerprint density at radius 2 is 1.77 bits per heavy atom. The fraction of sp³-hybridized carbons (Fsp3) is 0.222. The first kappa shape index (κ1) is 14.2. The molecule has 22 heavy (non-hydrogen) atoms. The highest BCUT2D eigenvalue weighted by molar-refractivity contribution is 5.40. The van der Waals surface area contributed by atoms with E-state index in [1.54, 1.807) is 12.4 Å². The number of piperazine rings is 1. The van der Waals surface area contributed by atoms with Gasteiger partial charge in [-0.15, -0.1) is 0 Å². The maximum Gasteiger partial charge on any atom is 0.128 e. The Labute approximate surface area is 131 Å². The van der Waals surface area contributed by atoms with Crippen molar-refractivity contribution in [2.24, 2.45) is 0 Å². The second-order valence-corrected chi connectivity index (χ2v) is 5.09. The number of anilines is 1. The quantitative estimate of drug-likeness (QED) is 0.794. The van der Waals surface area contributed by atoms with E-state index in [2.05, 4.69) is 38.2 Å². The number of aromatic nitrogens is 2. The first-order valence-electron chi connectivity index (χ1n) is 7.35. The van der Waals surface area contributed by atoms with E-state index >= 15 is 0 Å². The largest absolute Gasteiger partial charge is 0.362 e. The van der Waals surface area contributed by atoms with Crippen LogP contribution >= 0.6 is 0 Å². The Bertz CT molecular complexity index is 677. The molecule has 4 heteroatoms. The first-order valence-corrected chi connectivity index (χ1v) is 7.35. The van der Waals surface area contributed by atoms with Gasteiger partial charge in [-0.3, -0.25) is 4.98 Å². The first-order chi connectivity index (χ1) is 10.8. The summed E-state index contributed by atoms with van der Waals surface area (Å²) in [7, 11) is 0. The molecular formula is C18H18N4. The van der Waals surface area contributed by atoms with E-state index in [-0.39, 0.29) is 0 Å². The minimum absolute atomic E-state index is 0.873. The number of hydrogen-bond donors (Lipinski definition) is 0. The van der Waals surface area contributed by atoms with E-state index in [0.29, 0.717) is 0 Å². The molecule has 4 nitrogen and oxygen atoms in total. The standard InChI is InChI=1S/C18H18N4/c1-16(5-6-17-7-10-19-11-8-17)21-12-14-22(15-13-21)18-4-2-3-9-20-18/h2-4,7-11H,1,12-15H2. The van der Waals surface area contributed by atoms with Crippen molar-refractivity contribution < 1.29 is 0 Å². The van der Waals surface area contributed by atoms with Crippen molar-refractivity contribution in [2.75, 3.05) is 31.1 Å². The number of nitrogens with zero attached hydrogens (tertiary/aromatic N) is 4. The van der Waals surface area contributed by atoms with Crippen LogP contribution in [-0.4, -0.2) is 41.0 Å². The minimum atomic E-state index is 0.873. The molecule has 3 rings (SSSR count). The molecule has 0 saturated carbocycles. The third kappa shape index (κ3) is 3.44. The van der Waals surface area contributed by atoms with Gasteiger partial charge in [-0.25, -0.2) is 4.98 Å². The smallest absolute Gasteiger partial charge is 0.128 e. The highest BCUT2D eigenvalue weighted by Crippen LogP contribution is 2.14. The van der Waals surface area contributed by atoms with E-state index in [1.807, 2.05) is 36.5 Å².